The van der Waals surface area contributed by atoms with Crippen LogP contribution in [0, 0.1) is 0 Å². The van der Waals surface area contributed by atoms with Crippen LogP contribution in [0.1, 0.15) is 25.0 Å². The molecule has 0 saturated carbocycles. The first-order valence-electron chi connectivity index (χ1n) is 21.9. The quantitative estimate of drug-likeness (QED) is 0.161. The molecule has 2 aromatic heterocycles. The van der Waals surface area contributed by atoms with Crippen molar-refractivity contribution in [3.63, 3.8) is 0 Å². The summed E-state index contributed by atoms with van der Waals surface area (Å²) in [5.74, 6) is 1.89. The second-order valence-corrected chi connectivity index (χ2v) is 17.2. The van der Waals surface area contributed by atoms with E-state index in [-0.39, 0.29) is 5.41 Å². The van der Waals surface area contributed by atoms with E-state index >= 15 is 0 Å². The van der Waals surface area contributed by atoms with Gasteiger partial charge in [-0.3, -0.25) is 0 Å². The lowest BCUT2D eigenvalue weighted by Gasteiger charge is -2.24. The average Bonchev–Trinajstić information content (AvgIpc) is 3.82. The van der Waals surface area contributed by atoms with Crippen molar-refractivity contribution in [1.29, 1.82) is 0 Å². The Morgan fingerprint density at radius 1 is 0.344 bits per heavy atom. The van der Waals surface area contributed by atoms with Crippen molar-refractivity contribution in [3.05, 3.63) is 230 Å². The molecule has 2 heterocycles. The van der Waals surface area contributed by atoms with E-state index in [9.17, 15) is 0 Å². The van der Waals surface area contributed by atoms with Crippen molar-refractivity contribution in [2.45, 2.75) is 19.3 Å². The zero-order chi connectivity index (χ0) is 42.8. The van der Waals surface area contributed by atoms with Crippen molar-refractivity contribution in [2.75, 3.05) is 0 Å². The first kappa shape index (κ1) is 37.5. The van der Waals surface area contributed by atoms with E-state index < -0.39 is 0 Å². The fraction of sp³-hybridized carbons (Fsp3) is 0.0500. The molecule has 1 aliphatic rings. The molecule has 1 aliphatic carbocycles. The number of hydrogen-bond donors (Lipinski definition) is 0. The van der Waals surface area contributed by atoms with E-state index in [0.29, 0.717) is 17.5 Å². The highest BCUT2D eigenvalue weighted by atomic mass is 15.0. The molecular weight excluding hydrogens is 777 g/mol. The van der Waals surface area contributed by atoms with Crippen molar-refractivity contribution < 1.29 is 0 Å². The molecular formula is C60H42N4. The Labute approximate surface area is 372 Å². The van der Waals surface area contributed by atoms with Crippen LogP contribution in [0.15, 0.2) is 218 Å². The minimum atomic E-state index is -0.148. The third-order valence-electron chi connectivity index (χ3n) is 13.0. The van der Waals surface area contributed by atoms with Gasteiger partial charge in [-0.05, 0) is 104 Å². The number of aromatic nitrogens is 4. The highest BCUT2D eigenvalue weighted by molar-refractivity contribution is 6.17. The van der Waals surface area contributed by atoms with Crippen molar-refractivity contribution >= 4 is 21.8 Å². The van der Waals surface area contributed by atoms with Gasteiger partial charge in [0.2, 0.25) is 0 Å². The van der Waals surface area contributed by atoms with Crippen molar-refractivity contribution in [3.8, 4) is 84.4 Å². The van der Waals surface area contributed by atoms with Crippen LogP contribution in [-0.4, -0.2) is 19.5 Å². The van der Waals surface area contributed by atoms with Gasteiger partial charge in [-0.15, -0.1) is 0 Å². The highest BCUT2D eigenvalue weighted by Gasteiger charge is 2.37. The average molecular weight is 819 g/mol. The summed E-state index contributed by atoms with van der Waals surface area (Å²) in [6, 6.07) is 78.0. The number of nitrogens with zero attached hydrogens (tertiary/aromatic N) is 4. The number of benzene rings is 9. The Hall–Kier alpha value is -8.21. The minimum absolute atomic E-state index is 0.148. The minimum Gasteiger partial charge on any atom is -0.309 e. The molecule has 4 nitrogen and oxygen atoms in total. The molecule has 64 heavy (non-hydrogen) atoms. The second-order valence-electron chi connectivity index (χ2n) is 17.2. The lowest BCUT2D eigenvalue weighted by Crippen LogP contribution is -2.16. The maximum atomic E-state index is 5.20. The van der Waals surface area contributed by atoms with Gasteiger partial charge in [-0.2, -0.15) is 0 Å². The molecule has 0 saturated heterocycles. The summed E-state index contributed by atoms with van der Waals surface area (Å²) in [7, 11) is 0. The van der Waals surface area contributed by atoms with E-state index in [1.54, 1.807) is 0 Å². The summed E-state index contributed by atoms with van der Waals surface area (Å²) >= 11 is 0. The molecule has 0 radical (unpaired) electrons. The van der Waals surface area contributed by atoms with Gasteiger partial charge in [0.1, 0.15) is 0 Å². The van der Waals surface area contributed by atoms with Crippen LogP contribution in [-0.2, 0) is 5.41 Å². The van der Waals surface area contributed by atoms with Gasteiger partial charge in [0.05, 0.1) is 11.0 Å². The summed E-state index contributed by atoms with van der Waals surface area (Å²) in [4.78, 5) is 15.4. The Balaban J connectivity index is 1.12. The van der Waals surface area contributed by atoms with Crippen LogP contribution in [0.5, 0.6) is 0 Å². The molecule has 0 spiro atoms. The predicted molar refractivity (Wildman–Crippen MR) is 264 cm³/mol. The monoisotopic (exact) mass is 818 g/mol. The zero-order valence-electron chi connectivity index (χ0n) is 35.6. The van der Waals surface area contributed by atoms with Gasteiger partial charge in [0.25, 0.3) is 0 Å². The molecule has 0 amide bonds. The van der Waals surface area contributed by atoms with Crippen LogP contribution < -0.4 is 0 Å². The predicted octanol–water partition coefficient (Wildman–Crippen LogP) is 15.3. The smallest absolute Gasteiger partial charge is 0.164 e. The fourth-order valence-corrected chi connectivity index (χ4v) is 10.1. The summed E-state index contributed by atoms with van der Waals surface area (Å²) in [5.41, 5.74) is 18.4. The molecule has 11 aromatic rings. The summed E-state index contributed by atoms with van der Waals surface area (Å²) < 4.78 is 2.42. The SMILES string of the molecule is CC1(C)c2ccccc2-c2cccc(-c3ccc4c(c3)c3c(-c5cc(-c6ccccc6)cc(-c6nc(-c7ccccc7)nc(-c7ccccc7)n6)c5)cccc3n4-c3ccccc3)c21. The molecule has 0 unspecified atom stereocenters. The maximum Gasteiger partial charge on any atom is 0.164 e. The Bertz CT molecular complexity index is 3500. The van der Waals surface area contributed by atoms with Gasteiger partial charge in [0.15, 0.2) is 17.5 Å². The van der Waals surface area contributed by atoms with Gasteiger partial charge in [0, 0.05) is 38.6 Å². The second kappa shape index (κ2) is 15.0. The van der Waals surface area contributed by atoms with E-state index in [4.69, 9.17) is 15.0 Å². The fourth-order valence-electron chi connectivity index (χ4n) is 10.1. The Kier molecular flexibility index (Phi) is 8.80. The summed E-state index contributed by atoms with van der Waals surface area (Å²) in [5, 5.41) is 2.39. The zero-order valence-corrected chi connectivity index (χ0v) is 35.6. The van der Waals surface area contributed by atoms with Crippen molar-refractivity contribution in [2.24, 2.45) is 0 Å². The molecule has 0 aliphatic heterocycles. The molecule has 302 valence electrons. The van der Waals surface area contributed by atoms with E-state index in [2.05, 4.69) is 200 Å². The summed E-state index contributed by atoms with van der Waals surface area (Å²) in [6.07, 6.45) is 0. The highest BCUT2D eigenvalue weighted by Crippen LogP contribution is 2.52. The Morgan fingerprint density at radius 2 is 0.859 bits per heavy atom. The van der Waals surface area contributed by atoms with Gasteiger partial charge in [-0.25, -0.2) is 15.0 Å². The molecule has 0 atom stereocenters. The van der Waals surface area contributed by atoms with E-state index in [1.807, 2.05) is 36.4 Å². The van der Waals surface area contributed by atoms with Crippen molar-refractivity contribution in [1.82, 2.24) is 19.5 Å². The number of rotatable bonds is 7. The molecule has 4 heteroatoms. The first-order valence-corrected chi connectivity index (χ1v) is 21.9. The first-order chi connectivity index (χ1) is 31.5. The van der Waals surface area contributed by atoms with Crippen LogP contribution in [0.25, 0.3) is 106 Å². The maximum absolute atomic E-state index is 5.20. The molecule has 0 N–H and O–H groups in total. The third-order valence-corrected chi connectivity index (χ3v) is 13.0. The van der Waals surface area contributed by atoms with Crippen LogP contribution in [0.4, 0.5) is 0 Å². The van der Waals surface area contributed by atoms with Gasteiger partial charge >= 0.3 is 0 Å². The molecule has 0 bridgehead atoms. The summed E-state index contributed by atoms with van der Waals surface area (Å²) in [6.45, 7) is 4.74. The van der Waals surface area contributed by atoms with E-state index in [0.717, 1.165) is 55.7 Å². The van der Waals surface area contributed by atoms with Crippen LogP contribution in [0.3, 0.4) is 0 Å². The number of hydrogen-bond acceptors (Lipinski definition) is 3. The van der Waals surface area contributed by atoms with Gasteiger partial charge < -0.3 is 4.57 Å². The number of para-hydroxylation sites is 1. The lowest BCUT2D eigenvalue weighted by atomic mass is 9.79. The van der Waals surface area contributed by atoms with Gasteiger partial charge in [-0.1, -0.05) is 184 Å². The normalized spacial score (nSPS) is 12.7. The van der Waals surface area contributed by atoms with Crippen LogP contribution in [0.2, 0.25) is 0 Å². The largest absolute Gasteiger partial charge is 0.309 e. The standard InChI is InChI=1S/C60H42N4/c1-60(2)52-31-16-15-27-49(52)50-30-17-29-48(56(50)60)42-33-34-53-51(38-42)55-47(28-18-32-54(55)64(53)46-25-13-6-14-26-46)44-35-43(39-19-7-3-8-20-39)36-45(37-44)59-62-57(40-21-9-4-10-22-40)61-58(63-59)41-23-11-5-12-24-41/h3-38H,1-2H3. The van der Waals surface area contributed by atoms with E-state index in [1.165, 1.54) is 44.2 Å². The molecule has 12 rings (SSSR count). The third kappa shape index (κ3) is 6.18. The Morgan fingerprint density at radius 3 is 1.55 bits per heavy atom. The lowest BCUT2D eigenvalue weighted by molar-refractivity contribution is 0.662. The number of fused-ring (bicyclic) bond motifs is 6. The van der Waals surface area contributed by atoms with Crippen LogP contribution >= 0.6 is 0 Å². The topological polar surface area (TPSA) is 43.6 Å². The molecule has 9 aromatic carbocycles. The molecule has 0 fully saturated rings.